The van der Waals surface area contributed by atoms with Gasteiger partial charge < -0.3 is 4.74 Å². The van der Waals surface area contributed by atoms with Crippen molar-refractivity contribution in [3.8, 4) is 0 Å². The third kappa shape index (κ3) is 1.90. The molecule has 1 rings (SSSR count). The van der Waals surface area contributed by atoms with Crippen molar-refractivity contribution in [2.24, 2.45) is 5.92 Å². The molecule has 0 bridgehead atoms. The first-order valence-corrected chi connectivity index (χ1v) is 3.59. The van der Waals surface area contributed by atoms with E-state index in [1.807, 2.05) is 0 Å². The number of carbonyl (C=O) groups is 2. The van der Waals surface area contributed by atoms with Gasteiger partial charge >= 0.3 is 11.9 Å². The fraction of sp³-hybridized carbons (Fsp3) is 0.500. The average Bonchev–Trinajstić information content (AvgIpc) is 2.26. The third-order valence-corrected chi connectivity index (χ3v) is 1.68. The zero-order valence-electron chi connectivity index (χ0n) is 6.21. The summed E-state index contributed by atoms with van der Waals surface area (Å²) in [6.45, 7) is 3.53. The molecular weight excluding hydrogens is 144 g/mol. The van der Waals surface area contributed by atoms with Crippen LogP contribution in [0.3, 0.4) is 0 Å². The Morgan fingerprint density at radius 1 is 1.64 bits per heavy atom. The van der Waals surface area contributed by atoms with E-state index in [1.165, 1.54) is 0 Å². The number of ether oxygens (including phenoxy) is 1. The van der Waals surface area contributed by atoms with Crippen LogP contribution >= 0.6 is 0 Å². The first-order chi connectivity index (χ1) is 5.24. The lowest BCUT2D eigenvalue weighted by Crippen LogP contribution is -2.06. The lowest BCUT2D eigenvalue weighted by Gasteiger charge is -1.98. The van der Waals surface area contributed by atoms with Crippen LogP contribution in [-0.4, -0.2) is 11.9 Å². The molecule has 0 aromatic carbocycles. The minimum Gasteiger partial charge on any atom is -0.393 e. The molecule has 0 aliphatic carbocycles. The summed E-state index contributed by atoms with van der Waals surface area (Å²) < 4.78 is 4.36. The van der Waals surface area contributed by atoms with E-state index in [1.54, 1.807) is 6.08 Å². The van der Waals surface area contributed by atoms with Crippen molar-refractivity contribution in [1.82, 2.24) is 0 Å². The van der Waals surface area contributed by atoms with E-state index in [0.717, 1.165) is 6.42 Å². The van der Waals surface area contributed by atoms with Crippen LogP contribution in [0.25, 0.3) is 0 Å². The molecule has 1 saturated heterocycles. The highest BCUT2D eigenvalue weighted by atomic mass is 16.6. The van der Waals surface area contributed by atoms with Gasteiger partial charge in [-0.1, -0.05) is 6.08 Å². The Hall–Kier alpha value is -1.12. The Kier molecular flexibility index (Phi) is 2.41. The molecule has 0 N–H and O–H groups in total. The molecule has 0 unspecified atom stereocenters. The second-order valence-electron chi connectivity index (χ2n) is 2.56. The molecule has 1 fully saturated rings. The van der Waals surface area contributed by atoms with Crippen molar-refractivity contribution in [1.29, 1.82) is 0 Å². The fourth-order valence-corrected chi connectivity index (χ4v) is 1.06. The zero-order valence-corrected chi connectivity index (χ0v) is 6.21. The maximum absolute atomic E-state index is 10.8. The highest BCUT2D eigenvalue weighted by molar-refractivity contribution is 5.94. The minimum atomic E-state index is -0.399. The SMILES string of the molecule is C=CCC[C@H]1CC(=O)OC1=O. The van der Waals surface area contributed by atoms with Crippen LogP contribution in [0, 0.1) is 5.92 Å². The molecule has 0 radical (unpaired) electrons. The van der Waals surface area contributed by atoms with Gasteiger partial charge in [0.2, 0.25) is 0 Å². The van der Waals surface area contributed by atoms with Crippen molar-refractivity contribution in [3.63, 3.8) is 0 Å². The average molecular weight is 154 g/mol. The maximum Gasteiger partial charge on any atom is 0.317 e. The molecule has 11 heavy (non-hydrogen) atoms. The van der Waals surface area contributed by atoms with Gasteiger partial charge in [0.1, 0.15) is 0 Å². The van der Waals surface area contributed by atoms with Crippen molar-refractivity contribution in [3.05, 3.63) is 12.7 Å². The topological polar surface area (TPSA) is 43.4 Å². The molecule has 1 heterocycles. The highest BCUT2D eigenvalue weighted by Gasteiger charge is 2.32. The van der Waals surface area contributed by atoms with E-state index in [0.29, 0.717) is 6.42 Å². The smallest absolute Gasteiger partial charge is 0.317 e. The summed E-state index contributed by atoms with van der Waals surface area (Å²) in [5.41, 5.74) is 0. The Morgan fingerprint density at radius 2 is 2.36 bits per heavy atom. The number of hydrogen-bond acceptors (Lipinski definition) is 3. The minimum absolute atomic E-state index is 0.222. The Balaban J connectivity index is 2.40. The number of rotatable bonds is 3. The molecule has 0 aromatic heterocycles. The van der Waals surface area contributed by atoms with Gasteiger partial charge in [0.25, 0.3) is 0 Å². The van der Waals surface area contributed by atoms with Gasteiger partial charge in [-0.2, -0.15) is 0 Å². The number of carbonyl (C=O) groups excluding carboxylic acids is 2. The summed E-state index contributed by atoms with van der Waals surface area (Å²) >= 11 is 0. The molecule has 1 aliphatic heterocycles. The molecule has 1 atom stereocenters. The molecule has 1 aliphatic rings. The second kappa shape index (κ2) is 3.32. The molecule has 3 nitrogen and oxygen atoms in total. The van der Waals surface area contributed by atoms with Crippen LogP contribution in [0.5, 0.6) is 0 Å². The Bertz CT molecular complexity index is 196. The van der Waals surface area contributed by atoms with Gasteiger partial charge in [-0.3, -0.25) is 9.59 Å². The predicted molar refractivity (Wildman–Crippen MR) is 38.6 cm³/mol. The monoisotopic (exact) mass is 154 g/mol. The van der Waals surface area contributed by atoms with E-state index in [-0.39, 0.29) is 18.3 Å². The Morgan fingerprint density at radius 3 is 2.82 bits per heavy atom. The normalized spacial score (nSPS) is 23.5. The van der Waals surface area contributed by atoms with E-state index in [9.17, 15) is 9.59 Å². The van der Waals surface area contributed by atoms with Crippen LogP contribution in [0.1, 0.15) is 19.3 Å². The lowest BCUT2D eigenvalue weighted by atomic mass is 10.0. The van der Waals surface area contributed by atoms with Crippen molar-refractivity contribution < 1.29 is 14.3 Å². The van der Waals surface area contributed by atoms with Crippen LogP contribution in [0.2, 0.25) is 0 Å². The van der Waals surface area contributed by atoms with Gasteiger partial charge in [-0.15, -0.1) is 6.58 Å². The van der Waals surface area contributed by atoms with E-state index in [4.69, 9.17) is 0 Å². The summed E-state index contributed by atoms with van der Waals surface area (Å²) in [5.74, 6) is -0.999. The van der Waals surface area contributed by atoms with E-state index >= 15 is 0 Å². The molecule has 60 valence electrons. The predicted octanol–water partition coefficient (Wildman–Crippen LogP) is 1.04. The summed E-state index contributed by atoms with van der Waals surface area (Å²) in [4.78, 5) is 21.4. The second-order valence-corrected chi connectivity index (χ2v) is 2.56. The number of esters is 2. The van der Waals surface area contributed by atoms with E-state index in [2.05, 4.69) is 11.3 Å². The lowest BCUT2D eigenvalue weighted by molar-refractivity contribution is -0.153. The molecule has 0 amide bonds. The number of allylic oxidation sites excluding steroid dienone is 1. The van der Waals surface area contributed by atoms with Crippen LogP contribution in [-0.2, 0) is 14.3 Å². The molecular formula is C8H10O3. The number of cyclic esters (lactones) is 2. The quantitative estimate of drug-likeness (QED) is 0.346. The van der Waals surface area contributed by atoms with Gasteiger partial charge in [0.05, 0.1) is 12.3 Å². The van der Waals surface area contributed by atoms with Crippen LogP contribution in [0.4, 0.5) is 0 Å². The van der Waals surface area contributed by atoms with Crippen LogP contribution in [0.15, 0.2) is 12.7 Å². The molecule has 3 heteroatoms. The van der Waals surface area contributed by atoms with Gasteiger partial charge in [0.15, 0.2) is 0 Å². The largest absolute Gasteiger partial charge is 0.393 e. The fourth-order valence-electron chi connectivity index (χ4n) is 1.06. The summed E-state index contributed by atoms with van der Waals surface area (Å²) in [7, 11) is 0. The van der Waals surface area contributed by atoms with Crippen LogP contribution < -0.4 is 0 Å². The number of hydrogen-bond donors (Lipinski definition) is 0. The van der Waals surface area contributed by atoms with Gasteiger partial charge in [0, 0.05) is 0 Å². The summed E-state index contributed by atoms with van der Waals surface area (Å²) in [5, 5.41) is 0. The molecule has 0 aromatic rings. The molecule has 0 saturated carbocycles. The third-order valence-electron chi connectivity index (χ3n) is 1.68. The van der Waals surface area contributed by atoms with Gasteiger partial charge in [-0.05, 0) is 12.8 Å². The van der Waals surface area contributed by atoms with Crippen molar-refractivity contribution in [2.45, 2.75) is 19.3 Å². The first kappa shape index (κ1) is 7.98. The summed E-state index contributed by atoms with van der Waals surface area (Å²) in [6, 6.07) is 0. The first-order valence-electron chi connectivity index (χ1n) is 3.59. The van der Waals surface area contributed by atoms with Crippen molar-refractivity contribution >= 4 is 11.9 Å². The standard InChI is InChI=1S/C8H10O3/c1-2-3-4-6-5-7(9)11-8(6)10/h2,6H,1,3-5H2/t6-/m0/s1. The summed E-state index contributed by atoms with van der Waals surface area (Å²) in [6.07, 6.45) is 3.41. The highest BCUT2D eigenvalue weighted by Crippen LogP contribution is 2.20. The van der Waals surface area contributed by atoms with Crippen molar-refractivity contribution in [2.75, 3.05) is 0 Å². The molecule has 0 spiro atoms. The zero-order chi connectivity index (χ0) is 8.27. The maximum atomic E-state index is 10.8. The van der Waals surface area contributed by atoms with E-state index < -0.39 is 5.97 Å². The van der Waals surface area contributed by atoms with Gasteiger partial charge in [-0.25, -0.2) is 0 Å². The Labute approximate surface area is 65.0 Å².